The molecule has 2 rings (SSSR count). The summed E-state index contributed by atoms with van der Waals surface area (Å²) in [7, 11) is 5.58. The standard InChI is InChI=1S/C22H22O7/c1-26-18-12-15(13-19(27-2)20(18)28-3)11-16(21(23)24)17(22(25)29-4)10-14-8-6-5-7-9-14/h5-13H,1-4H3,(H,23,24). The molecule has 7 nitrogen and oxygen atoms in total. The van der Waals surface area contributed by atoms with Gasteiger partial charge in [-0.15, -0.1) is 0 Å². The SMILES string of the molecule is COC(=O)C(=Cc1ccccc1)C(=Cc1cc(OC)c(OC)c(OC)c1)C(=O)O. The number of carbonyl (C=O) groups is 2. The quantitative estimate of drug-likeness (QED) is 0.414. The summed E-state index contributed by atoms with van der Waals surface area (Å²) in [6, 6.07) is 12.1. The van der Waals surface area contributed by atoms with Gasteiger partial charge in [0.15, 0.2) is 11.5 Å². The van der Waals surface area contributed by atoms with E-state index in [0.717, 1.165) is 0 Å². The van der Waals surface area contributed by atoms with Gasteiger partial charge in [0.25, 0.3) is 0 Å². The van der Waals surface area contributed by atoms with Gasteiger partial charge in [-0.25, -0.2) is 9.59 Å². The second kappa shape index (κ2) is 9.98. The third-order valence-corrected chi connectivity index (χ3v) is 4.03. The van der Waals surface area contributed by atoms with E-state index in [0.29, 0.717) is 28.4 Å². The lowest BCUT2D eigenvalue weighted by Crippen LogP contribution is -2.13. The number of carbonyl (C=O) groups excluding carboxylic acids is 1. The number of carboxylic acids is 1. The smallest absolute Gasteiger partial charge is 0.338 e. The zero-order chi connectivity index (χ0) is 21.4. The highest BCUT2D eigenvalue weighted by molar-refractivity contribution is 6.12. The first kappa shape index (κ1) is 21.6. The Balaban J connectivity index is 2.67. The topological polar surface area (TPSA) is 91.3 Å². The maximum atomic E-state index is 12.3. The Labute approximate surface area is 168 Å². The van der Waals surface area contributed by atoms with Crippen LogP contribution in [-0.4, -0.2) is 45.5 Å². The molecule has 0 unspecified atom stereocenters. The van der Waals surface area contributed by atoms with Crippen molar-refractivity contribution in [1.29, 1.82) is 0 Å². The highest BCUT2D eigenvalue weighted by Crippen LogP contribution is 2.39. The Morgan fingerprint density at radius 2 is 1.34 bits per heavy atom. The number of methoxy groups -OCH3 is 4. The summed E-state index contributed by atoms with van der Waals surface area (Å²) in [5.74, 6) is -0.970. The van der Waals surface area contributed by atoms with Crippen LogP contribution in [0, 0.1) is 0 Å². The summed E-state index contributed by atoms with van der Waals surface area (Å²) < 4.78 is 20.7. The minimum Gasteiger partial charge on any atom is -0.493 e. The van der Waals surface area contributed by atoms with E-state index in [-0.39, 0.29) is 11.1 Å². The van der Waals surface area contributed by atoms with Gasteiger partial charge in [0.2, 0.25) is 5.75 Å². The number of hydrogen-bond donors (Lipinski definition) is 1. The fraction of sp³-hybridized carbons (Fsp3) is 0.182. The number of hydrogen-bond acceptors (Lipinski definition) is 6. The van der Waals surface area contributed by atoms with Gasteiger partial charge in [0.1, 0.15) is 0 Å². The molecule has 0 atom stereocenters. The second-order valence-electron chi connectivity index (χ2n) is 5.78. The Morgan fingerprint density at radius 3 is 1.79 bits per heavy atom. The molecule has 0 amide bonds. The molecule has 0 aromatic heterocycles. The molecule has 0 bridgehead atoms. The van der Waals surface area contributed by atoms with Gasteiger partial charge in [0.05, 0.1) is 39.6 Å². The maximum Gasteiger partial charge on any atom is 0.338 e. The molecule has 2 aromatic rings. The average molecular weight is 398 g/mol. The largest absolute Gasteiger partial charge is 0.493 e. The predicted molar refractivity (Wildman–Crippen MR) is 108 cm³/mol. The molecule has 7 heteroatoms. The molecule has 1 N–H and O–H groups in total. The Kier molecular flexibility index (Phi) is 7.42. The first-order valence-corrected chi connectivity index (χ1v) is 8.55. The van der Waals surface area contributed by atoms with Crippen LogP contribution in [-0.2, 0) is 14.3 Å². The van der Waals surface area contributed by atoms with Crippen molar-refractivity contribution in [2.24, 2.45) is 0 Å². The summed E-state index contributed by atoms with van der Waals surface area (Å²) in [4.78, 5) is 24.3. The number of aliphatic carboxylic acids is 1. The van der Waals surface area contributed by atoms with Crippen molar-refractivity contribution < 1.29 is 33.6 Å². The van der Waals surface area contributed by atoms with E-state index in [1.807, 2.05) is 6.07 Å². The summed E-state index contributed by atoms with van der Waals surface area (Å²) in [6.07, 6.45) is 2.81. The summed E-state index contributed by atoms with van der Waals surface area (Å²) in [5.41, 5.74) is 0.764. The molecular weight excluding hydrogens is 376 g/mol. The third kappa shape index (κ3) is 5.16. The van der Waals surface area contributed by atoms with Crippen LogP contribution in [0.3, 0.4) is 0 Å². The van der Waals surface area contributed by atoms with Crippen LogP contribution < -0.4 is 14.2 Å². The van der Waals surface area contributed by atoms with Crippen molar-refractivity contribution in [3.8, 4) is 17.2 Å². The molecule has 0 aliphatic carbocycles. The highest BCUT2D eigenvalue weighted by atomic mass is 16.5. The Hall–Kier alpha value is -3.74. The summed E-state index contributed by atoms with van der Waals surface area (Å²) >= 11 is 0. The second-order valence-corrected chi connectivity index (χ2v) is 5.78. The van der Waals surface area contributed by atoms with Gasteiger partial charge in [-0.2, -0.15) is 0 Å². The molecule has 0 saturated heterocycles. The molecule has 0 heterocycles. The lowest BCUT2D eigenvalue weighted by Gasteiger charge is -2.13. The number of carboxylic acid groups (broad SMARTS) is 1. The third-order valence-electron chi connectivity index (χ3n) is 4.03. The van der Waals surface area contributed by atoms with Gasteiger partial charge in [0, 0.05) is 0 Å². The molecule has 0 aliphatic heterocycles. The first-order valence-electron chi connectivity index (χ1n) is 8.55. The van der Waals surface area contributed by atoms with Crippen molar-refractivity contribution in [3.63, 3.8) is 0 Å². The van der Waals surface area contributed by atoms with E-state index in [1.54, 1.807) is 36.4 Å². The minimum atomic E-state index is -1.29. The van der Waals surface area contributed by atoms with Crippen LogP contribution in [0.15, 0.2) is 53.6 Å². The number of esters is 1. The monoisotopic (exact) mass is 398 g/mol. The molecule has 152 valence electrons. The van der Waals surface area contributed by atoms with Crippen molar-refractivity contribution in [2.75, 3.05) is 28.4 Å². The molecule has 0 aliphatic rings. The molecule has 0 spiro atoms. The number of ether oxygens (including phenoxy) is 4. The van der Waals surface area contributed by atoms with E-state index in [4.69, 9.17) is 18.9 Å². The molecule has 0 radical (unpaired) electrons. The van der Waals surface area contributed by atoms with Crippen molar-refractivity contribution >= 4 is 24.1 Å². The van der Waals surface area contributed by atoms with Gasteiger partial charge in [-0.1, -0.05) is 30.3 Å². The van der Waals surface area contributed by atoms with Crippen LogP contribution in [0.4, 0.5) is 0 Å². The van der Waals surface area contributed by atoms with Crippen LogP contribution in [0.2, 0.25) is 0 Å². The fourth-order valence-corrected chi connectivity index (χ4v) is 2.68. The molecular formula is C22H22O7. The van der Waals surface area contributed by atoms with Crippen molar-refractivity contribution in [3.05, 3.63) is 64.7 Å². The van der Waals surface area contributed by atoms with Crippen molar-refractivity contribution in [1.82, 2.24) is 0 Å². The van der Waals surface area contributed by atoms with Crippen LogP contribution in [0.1, 0.15) is 11.1 Å². The van der Waals surface area contributed by atoms with E-state index >= 15 is 0 Å². The summed E-state index contributed by atoms with van der Waals surface area (Å²) in [5, 5.41) is 9.78. The maximum absolute atomic E-state index is 12.3. The predicted octanol–water partition coefficient (Wildman–Crippen LogP) is 3.44. The van der Waals surface area contributed by atoms with Crippen molar-refractivity contribution in [2.45, 2.75) is 0 Å². The van der Waals surface area contributed by atoms with Crippen LogP contribution in [0.25, 0.3) is 12.2 Å². The highest BCUT2D eigenvalue weighted by Gasteiger charge is 2.22. The van der Waals surface area contributed by atoms with Gasteiger partial charge in [-0.05, 0) is 35.4 Å². The van der Waals surface area contributed by atoms with E-state index in [1.165, 1.54) is 40.6 Å². The molecule has 0 fully saturated rings. The van der Waals surface area contributed by atoms with Crippen LogP contribution in [0.5, 0.6) is 17.2 Å². The fourth-order valence-electron chi connectivity index (χ4n) is 2.68. The lowest BCUT2D eigenvalue weighted by molar-refractivity contribution is -0.138. The molecule has 0 saturated carbocycles. The normalized spacial score (nSPS) is 11.6. The molecule has 29 heavy (non-hydrogen) atoms. The van der Waals surface area contributed by atoms with E-state index in [2.05, 4.69) is 0 Å². The number of benzene rings is 2. The Bertz CT molecular complexity index is 918. The minimum absolute atomic E-state index is 0.0973. The van der Waals surface area contributed by atoms with Gasteiger partial charge in [-0.3, -0.25) is 0 Å². The number of rotatable bonds is 8. The average Bonchev–Trinajstić information content (AvgIpc) is 2.75. The first-order chi connectivity index (χ1) is 13.9. The van der Waals surface area contributed by atoms with E-state index in [9.17, 15) is 14.7 Å². The molecule has 2 aromatic carbocycles. The zero-order valence-corrected chi connectivity index (χ0v) is 16.6. The summed E-state index contributed by atoms with van der Waals surface area (Å²) in [6.45, 7) is 0. The Morgan fingerprint density at radius 1 is 0.793 bits per heavy atom. The van der Waals surface area contributed by atoms with Gasteiger partial charge < -0.3 is 24.1 Å². The lowest BCUT2D eigenvalue weighted by atomic mass is 10.00. The van der Waals surface area contributed by atoms with Gasteiger partial charge >= 0.3 is 11.9 Å². The van der Waals surface area contributed by atoms with E-state index < -0.39 is 11.9 Å². The van der Waals surface area contributed by atoms with Crippen LogP contribution >= 0.6 is 0 Å². The zero-order valence-electron chi connectivity index (χ0n) is 16.6.